The van der Waals surface area contributed by atoms with Crippen LogP contribution in [-0.4, -0.2) is 25.3 Å². The van der Waals surface area contributed by atoms with Gasteiger partial charge in [0, 0.05) is 17.6 Å². The lowest BCUT2D eigenvalue weighted by molar-refractivity contribution is 0.811. The maximum absolute atomic E-state index is 12.8. The summed E-state index contributed by atoms with van der Waals surface area (Å²) in [6, 6.07) is 21.3. The highest BCUT2D eigenvalue weighted by molar-refractivity contribution is 6.33. The summed E-state index contributed by atoms with van der Waals surface area (Å²) in [5, 5.41) is 6.99. The Morgan fingerprint density at radius 1 is 1.06 bits per heavy atom. The second-order valence-electron chi connectivity index (χ2n) is 7.54. The summed E-state index contributed by atoms with van der Waals surface area (Å²) in [5.41, 5.74) is 4.14. The van der Waals surface area contributed by atoms with Crippen LogP contribution in [0.5, 0.6) is 0 Å². The minimum Gasteiger partial charge on any atom is -0.298 e. The van der Waals surface area contributed by atoms with Crippen LogP contribution in [0.3, 0.4) is 0 Å². The van der Waals surface area contributed by atoms with Gasteiger partial charge < -0.3 is 0 Å². The molecule has 164 valence electrons. The quantitative estimate of drug-likeness (QED) is 0.310. The fourth-order valence-electron chi connectivity index (χ4n) is 3.81. The number of halogens is 1. The first-order valence-corrected chi connectivity index (χ1v) is 10.6. The molecule has 0 atom stereocenters. The Morgan fingerprint density at radius 2 is 1.82 bits per heavy atom. The maximum Gasteiger partial charge on any atom is 0.329 e. The molecule has 0 aliphatic heterocycles. The number of rotatable bonds is 5. The summed E-state index contributed by atoms with van der Waals surface area (Å²) in [4.78, 5) is 31.8. The van der Waals surface area contributed by atoms with Crippen LogP contribution in [0.4, 0.5) is 5.95 Å². The second kappa shape index (κ2) is 8.40. The SMILES string of the molecule is Cn1c(=O)[nH]c(=O)c2c1nc(N/N=C\c1ccccc1Cl)n2Cc1cccc2ccccc12. The van der Waals surface area contributed by atoms with E-state index in [1.165, 1.54) is 4.57 Å². The highest BCUT2D eigenvalue weighted by Gasteiger charge is 2.18. The lowest BCUT2D eigenvalue weighted by Crippen LogP contribution is -2.29. The molecule has 0 aliphatic carbocycles. The van der Waals surface area contributed by atoms with Gasteiger partial charge in [-0.25, -0.2) is 10.2 Å². The number of H-pyrrole nitrogens is 1. The van der Waals surface area contributed by atoms with E-state index in [0.717, 1.165) is 21.9 Å². The number of hydrogen-bond donors (Lipinski definition) is 2. The van der Waals surface area contributed by atoms with Gasteiger partial charge in [-0.3, -0.25) is 18.9 Å². The van der Waals surface area contributed by atoms with E-state index in [-0.39, 0.29) is 11.2 Å². The molecule has 0 saturated heterocycles. The van der Waals surface area contributed by atoms with E-state index in [0.29, 0.717) is 17.5 Å². The monoisotopic (exact) mass is 458 g/mol. The van der Waals surface area contributed by atoms with Crippen LogP contribution in [0.15, 0.2) is 81.4 Å². The Hall–Kier alpha value is -4.17. The van der Waals surface area contributed by atoms with Gasteiger partial charge in [-0.15, -0.1) is 0 Å². The van der Waals surface area contributed by atoms with Crippen molar-refractivity contribution in [2.45, 2.75) is 6.54 Å². The summed E-state index contributed by atoms with van der Waals surface area (Å²) in [7, 11) is 1.56. The second-order valence-corrected chi connectivity index (χ2v) is 7.95. The summed E-state index contributed by atoms with van der Waals surface area (Å²) < 4.78 is 3.03. The minimum atomic E-state index is -0.534. The zero-order chi connectivity index (χ0) is 22.9. The van der Waals surface area contributed by atoms with Gasteiger partial charge in [0.2, 0.25) is 5.95 Å². The third-order valence-electron chi connectivity index (χ3n) is 5.49. The van der Waals surface area contributed by atoms with E-state index < -0.39 is 11.2 Å². The van der Waals surface area contributed by atoms with Crippen LogP contribution < -0.4 is 16.7 Å². The van der Waals surface area contributed by atoms with Crippen LogP contribution in [0.1, 0.15) is 11.1 Å². The standard InChI is InChI=1S/C24H19ClN6O2/c1-30-21-20(22(32)28-24(30)33)31(14-17-10-6-9-15-7-2-4-11-18(15)17)23(27-21)29-26-13-16-8-3-5-12-19(16)25/h2-13H,14H2,1H3,(H,27,29)(H,28,32,33)/b26-13-. The Balaban J connectivity index is 1.64. The number of nitrogens with zero attached hydrogens (tertiary/aromatic N) is 4. The fraction of sp³-hybridized carbons (Fsp3) is 0.0833. The van der Waals surface area contributed by atoms with Crippen molar-refractivity contribution in [1.82, 2.24) is 19.1 Å². The van der Waals surface area contributed by atoms with E-state index in [1.807, 2.05) is 60.7 Å². The molecule has 5 rings (SSSR count). The van der Waals surface area contributed by atoms with Crippen molar-refractivity contribution in [2.75, 3.05) is 5.43 Å². The van der Waals surface area contributed by atoms with Gasteiger partial charge in [0.15, 0.2) is 11.2 Å². The van der Waals surface area contributed by atoms with Crippen molar-refractivity contribution in [3.63, 3.8) is 0 Å². The van der Waals surface area contributed by atoms with Gasteiger partial charge >= 0.3 is 5.69 Å². The molecular formula is C24H19ClN6O2. The van der Waals surface area contributed by atoms with Gasteiger partial charge in [0.05, 0.1) is 12.8 Å². The maximum atomic E-state index is 12.8. The molecule has 2 aromatic heterocycles. The van der Waals surface area contributed by atoms with Crippen LogP contribution in [0.2, 0.25) is 5.02 Å². The average molecular weight is 459 g/mol. The summed E-state index contributed by atoms with van der Waals surface area (Å²) in [6.07, 6.45) is 1.58. The Bertz CT molecular complexity index is 1640. The zero-order valence-corrected chi connectivity index (χ0v) is 18.4. The topological polar surface area (TPSA) is 97.1 Å². The molecule has 0 fully saturated rings. The number of imidazole rings is 1. The van der Waals surface area contributed by atoms with Crippen molar-refractivity contribution in [3.8, 4) is 0 Å². The normalized spacial score (nSPS) is 11.6. The third kappa shape index (κ3) is 3.81. The summed E-state index contributed by atoms with van der Waals surface area (Å²) in [6.45, 7) is 0.350. The molecule has 0 radical (unpaired) electrons. The number of anilines is 1. The molecular weight excluding hydrogens is 440 g/mol. The van der Waals surface area contributed by atoms with Gasteiger partial charge in [-0.2, -0.15) is 10.1 Å². The minimum absolute atomic E-state index is 0.263. The molecule has 3 aromatic carbocycles. The number of hydrogen-bond acceptors (Lipinski definition) is 5. The lowest BCUT2D eigenvalue weighted by atomic mass is 10.0. The first-order valence-electron chi connectivity index (χ1n) is 10.2. The van der Waals surface area contributed by atoms with E-state index in [1.54, 1.807) is 23.9 Å². The van der Waals surface area contributed by atoms with E-state index >= 15 is 0 Å². The Kier molecular flexibility index (Phi) is 5.27. The van der Waals surface area contributed by atoms with E-state index in [9.17, 15) is 9.59 Å². The number of benzene rings is 3. The number of aryl methyl sites for hydroxylation is 1. The molecule has 0 bridgehead atoms. The Morgan fingerprint density at radius 3 is 2.67 bits per heavy atom. The van der Waals surface area contributed by atoms with Crippen molar-refractivity contribution < 1.29 is 0 Å². The summed E-state index contributed by atoms with van der Waals surface area (Å²) >= 11 is 6.20. The zero-order valence-electron chi connectivity index (χ0n) is 17.6. The van der Waals surface area contributed by atoms with Crippen LogP contribution in [0.25, 0.3) is 21.9 Å². The molecule has 2 heterocycles. The van der Waals surface area contributed by atoms with Gasteiger partial charge in [-0.05, 0) is 22.4 Å². The lowest BCUT2D eigenvalue weighted by Gasteiger charge is -2.11. The summed E-state index contributed by atoms with van der Waals surface area (Å²) in [5.74, 6) is 0.327. The number of aromatic amines is 1. The van der Waals surface area contributed by atoms with Crippen LogP contribution in [0, 0.1) is 0 Å². The molecule has 33 heavy (non-hydrogen) atoms. The molecule has 0 saturated carbocycles. The number of hydrazone groups is 1. The number of aromatic nitrogens is 4. The van der Waals surface area contributed by atoms with Crippen molar-refractivity contribution >= 4 is 45.7 Å². The van der Waals surface area contributed by atoms with Crippen LogP contribution >= 0.6 is 11.6 Å². The van der Waals surface area contributed by atoms with Crippen molar-refractivity contribution in [2.24, 2.45) is 12.1 Å². The molecule has 0 unspecified atom stereocenters. The predicted molar refractivity (Wildman–Crippen MR) is 131 cm³/mol. The molecule has 0 amide bonds. The number of fused-ring (bicyclic) bond motifs is 2. The molecule has 2 N–H and O–H groups in total. The highest BCUT2D eigenvalue weighted by Crippen LogP contribution is 2.23. The van der Waals surface area contributed by atoms with Crippen LogP contribution in [-0.2, 0) is 13.6 Å². The Labute approximate surface area is 192 Å². The highest BCUT2D eigenvalue weighted by atomic mass is 35.5. The smallest absolute Gasteiger partial charge is 0.298 e. The number of nitrogens with one attached hydrogen (secondary N) is 2. The fourth-order valence-corrected chi connectivity index (χ4v) is 4.00. The largest absolute Gasteiger partial charge is 0.329 e. The van der Waals surface area contributed by atoms with Crippen molar-refractivity contribution in [1.29, 1.82) is 0 Å². The van der Waals surface area contributed by atoms with E-state index in [2.05, 4.69) is 20.5 Å². The molecule has 0 spiro atoms. The first-order chi connectivity index (χ1) is 16.0. The molecule has 8 nitrogen and oxygen atoms in total. The first kappa shape index (κ1) is 20.7. The predicted octanol–water partition coefficient (Wildman–Crippen LogP) is 3.72. The van der Waals surface area contributed by atoms with Gasteiger partial charge in [0.25, 0.3) is 5.56 Å². The molecule has 5 aromatic rings. The average Bonchev–Trinajstić information content (AvgIpc) is 3.18. The van der Waals surface area contributed by atoms with Gasteiger partial charge in [-0.1, -0.05) is 72.3 Å². The van der Waals surface area contributed by atoms with Gasteiger partial charge in [0.1, 0.15) is 0 Å². The van der Waals surface area contributed by atoms with E-state index in [4.69, 9.17) is 11.6 Å². The third-order valence-corrected chi connectivity index (χ3v) is 5.83. The molecule has 0 aliphatic rings. The molecule has 9 heteroatoms. The van der Waals surface area contributed by atoms with Crippen molar-refractivity contribution in [3.05, 3.63) is 104 Å².